The van der Waals surface area contributed by atoms with Crippen LogP contribution in [0.4, 0.5) is 11.4 Å². The molecule has 0 aliphatic carbocycles. The van der Waals surface area contributed by atoms with E-state index in [1.165, 1.54) is 12.8 Å². The zero-order chi connectivity index (χ0) is 13.6. The van der Waals surface area contributed by atoms with E-state index in [0.717, 1.165) is 18.4 Å². The van der Waals surface area contributed by atoms with Crippen molar-refractivity contribution in [2.24, 2.45) is 0 Å². The van der Waals surface area contributed by atoms with Crippen molar-refractivity contribution in [3.63, 3.8) is 0 Å². The van der Waals surface area contributed by atoms with E-state index in [4.69, 9.17) is 0 Å². The third-order valence-corrected chi connectivity index (χ3v) is 3.18. The number of sulfonamides is 1. The van der Waals surface area contributed by atoms with E-state index in [2.05, 4.69) is 23.9 Å². The second kappa shape index (κ2) is 6.64. The molecule has 4 nitrogen and oxygen atoms in total. The van der Waals surface area contributed by atoms with Gasteiger partial charge in [0.25, 0.3) is 0 Å². The predicted octanol–water partition coefficient (Wildman–Crippen LogP) is 3.05. The Bertz CT molecular complexity index is 472. The van der Waals surface area contributed by atoms with Crippen LogP contribution in [0, 0.1) is 0 Å². The molecule has 0 aliphatic heterocycles. The van der Waals surface area contributed by atoms with E-state index in [0.29, 0.717) is 11.7 Å². The molecule has 0 radical (unpaired) electrons. The van der Waals surface area contributed by atoms with Gasteiger partial charge in [-0.3, -0.25) is 4.72 Å². The van der Waals surface area contributed by atoms with Gasteiger partial charge in [0.05, 0.1) is 11.9 Å². The predicted molar refractivity (Wildman–Crippen MR) is 77.5 cm³/mol. The van der Waals surface area contributed by atoms with E-state index >= 15 is 0 Å². The molecule has 0 heterocycles. The molecule has 1 rings (SSSR count). The Morgan fingerprint density at radius 3 is 2.56 bits per heavy atom. The summed E-state index contributed by atoms with van der Waals surface area (Å²) in [6.07, 6.45) is 4.63. The summed E-state index contributed by atoms with van der Waals surface area (Å²) < 4.78 is 24.8. The molecular weight excluding hydrogens is 248 g/mol. The van der Waals surface area contributed by atoms with Gasteiger partial charge in [-0.2, -0.15) is 0 Å². The lowest BCUT2D eigenvalue weighted by Crippen LogP contribution is -2.15. The van der Waals surface area contributed by atoms with Crippen molar-refractivity contribution in [1.82, 2.24) is 0 Å². The average Bonchev–Trinajstić information content (AvgIpc) is 2.24. The smallest absolute Gasteiger partial charge is 0.229 e. The first kappa shape index (κ1) is 14.8. The van der Waals surface area contributed by atoms with Gasteiger partial charge in [0.2, 0.25) is 10.0 Å². The summed E-state index contributed by atoms with van der Waals surface area (Å²) in [6.45, 7) is 4.30. The number of hydrogen-bond acceptors (Lipinski definition) is 3. The second-order valence-corrected chi connectivity index (χ2v) is 6.39. The van der Waals surface area contributed by atoms with Crippen molar-refractivity contribution in [2.75, 3.05) is 16.3 Å². The summed E-state index contributed by atoms with van der Waals surface area (Å²) in [5.74, 6) is 0. The summed E-state index contributed by atoms with van der Waals surface area (Å²) >= 11 is 0. The van der Waals surface area contributed by atoms with Crippen LogP contribution < -0.4 is 10.0 Å². The standard InChI is InChI=1S/C13H22N2O2S/c1-4-5-7-11(2)14-12-8-6-9-13(10-12)15-18(3,16)17/h6,8-11,14-15H,4-5,7H2,1-3H3. The van der Waals surface area contributed by atoms with Gasteiger partial charge in [0.1, 0.15) is 0 Å². The van der Waals surface area contributed by atoms with Crippen molar-refractivity contribution < 1.29 is 8.42 Å². The molecule has 1 unspecified atom stereocenters. The zero-order valence-electron chi connectivity index (χ0n) is 11.2. The largest absolute Gasteiger partial charge is 0.383 e. The Hall–Kier alpha value is -1.23. The van der Waals surface area contributed by atoms with Crippen LogP contribution in [0.25, 0.3) is 0 Å². The van der Waals surface area contributed by atoms with Gasteiger partial charge in [-0.05, 0) is 31.5 Å². The third kappa shape index (κ3) is 5.91. The van der Waals surface area contributed by atoms with Crippen LogP contribution in [0.3, 0.4) is 0 Å². The minimum atomic E-state index is -3.21. The summed E-state index contributed by atoms with van der Waals surface area (Å²) in [4.78, 5) is 0. The Labute approximate surface area is 110 Å². The fourth-order valence-electron chi connectivity index (χ4n) is 1.75. The van der Waals surface area contributed by atoms with E-state index in [1.807, 2.05) is 18.2 Å². The molecule has 0 saturated carbocycles. The number of unbranched alkanes of at least 4 members (excludes halogenated alkanes) is 1. The first-order valence-corrected chi connectivity index (χ1v) is 8.14. The van der Waals surface area contributed by atoms with Gasteiger partial charge in [0.15, 0.2) is 0 Å². The van der Waals surface area contributed by atoms with Gasteiger partial charge in [-0.15, -0.1) is 0 Å². The van der Waals surface area contributed by atoms with Crippen LogP contribution in [0.5, 0.6) is 0 Å². The van der Waals surface area contributed by atoms with Crippen LogP contribution in [0.1, 0.15) is 33.1 Å². The van der Waals surface area contributed by atoms with Gasteiger partial charge in [-0.25, -0.2) is 8.42 Å². The summed E-state index contributed by atoms with van der Waals surface area (Å²) in [5, 5.41) is 3.37. The molecule has 0 bridgehead atoms. The Morgan fingerprint density at radius 1 is 1.28 bits per heavy atom. The average molecular weight is 270 g/mol. The monoisotopic (exact) mass is 270 g/mol. The van der Waals surface area contributed by atoms with E-state index in [9.17, 15) is 8.42 Å². The number of anilines is 2. The molecule has 0 saturated heterocycles. The highest BCUT2D eigenvalue weighted by Crippen LogP contribution is 2.17. The minimum absolute atomic E-state index is 0.387. The highest BCUT2D eigenvalue weighted by Gasteiger charge is 2.04. The van der Waals surface area contributed by atoms with E-state index in [1.54, 1.807) is 6.07 Å². The lowest BCUT2D eigenvalue weighted by molar-refractivity contribution is 0.607. The molecule has 1 atom stereocenters. The van der Waals surface area contributed by atoms with Gasteiger partial charge < -0.3 is 5.32 Å². The highest BCUT2D eigenvalue weighted by molar-refractivity contribution is 7.92. The Kier molecular flexibility index (Phi) is 5.47. The summed E-state index contributed by atoms with van der Waals surface area (Å²) in [7, 11) is -3.21. The molecule has 0 aliphatic rings. The number of rotatable bonds is 7. The van der Waals surface area contributed by atoms with Crippen molar-refractivity contribution in [3.8, 4) is 0 Å². The summed E-state index contributed by atoms with van der Waals surface area (Å²) in [6, 6.07) is 7.71. The first-order valence-electron chi connectivity index (χ1n) is 6.25. The van der Waals surface area contributed by atoms with Crippen molar-refractivity contribution in [1.29, 1.82) is 0 Å². The maximum Gasteiger partial charge on any atom is 0.229 e. The Morgan fingerprint density at radius 2 is 1.94 bits per heavy atom. The second-order valence-electron chi connectivity index (χ2n) is 4.64. The number of hydrogen-bond donors (Lipinski definition) is 2. The molecule has 1 aromatic rings. The van der Waals surface area contributed by atoms with E-state index in [-0.39, 0.29) is 0 Å². The molecule has 0 aromatic heterocycles. The SMILES string of the molecule is CCCCC(C)Nc1cccc(NS(C)(=O)=O)c1. The van der Waals surface area contributed by atoms with Gasteiger partial charge >= 0.3 is 0 Å². The van der Waals surface area contributed by atoms with Crippen LogP contribution in [-0.4, -0.2) is 20.7 Å². The maximum absolute atomic E-state index is 11.1. The zero-order valence-corrected chi connectivity index (χ0v) is 12.0. The molecule has 1 aromatic carbocycles. The van der Waals surface area contributed by atoms with Crippen LogP contribution in [0.2, 0.25) is 0 Å². The highest BCUT2D eigenvalue weighted by atomic mass is 32.2. The molecule has 0 spiro atoms. The molecule has 2 N–H and O–H groups in total. The minimum Gasteiger partial charge on any atom is -0.383 e. The van der Waals surface area contributed by atoms with Crippen molar-refractivity contribution >= 4 is 21.4 Å². The molecule has 0 fully saturated rings. The molecule has 5 heteroatoms. The van der Waals surface area contributed by atoms with Crippen LogP contribution >= 0.6 is 0 Å². The lowest BCUT2D eigenvalue weighted by atomic mass is 10.1. The lowest BCUT2D eigenvalue weighted by Gasteiger charge is -2.15. The Balaban J connectivity index is 2.64. The maximum atomic E-state index is 11.1. The molecule has 102 valence electrons. The molecular formula is C13H22N2O2S. The number of nitrogens with one attached hydrogen (secondary N) is 2. The fourth-order valence-corrected chi connectivity index (χ4v) is 2.31. The first-order chi connectivity index (χ1) is 8.40. The topological polar surface area (TPSA) is 58.2 Å². The van der Waals surface area contributed by atoms with Gasteiger partial charge in [-0.1, -0.05) is 25.8 Å². The quantitative estimate of drug-likeness (QED) is 0.800. The van der Waals surface area contributed by atoms with E-state index < -0.39 is 10.0 Å². The van der Waals surface area contributed by atoms with Crippen molar-refractivity contribution in [2.45, 2.75) is 39.2 Å². The molecule has 0 amide bonds. The normalized spacial score (nSPS) is 13.1. The van der Waals surface area contributed by atoms with Crippen LogP contribution in [0.15, 0.2) is 24.3 Å². The number of benzene rings is 1. The summed E-state index contributed by atoms with van der Waals surface area (Å²) in [5.41, 5.74) is 1.53. The molecule has 18 heavy (non-hydrogen) atoms. The van der Waals surface area contributed by atoms with Crippen molar-refractivity contribution in [3.05, 3.63) is 24.3 Å². The third-order valence-electron chi connectivity index (χ3n) is 2.57. The fraction of sp³-hybridized carbons (Fsp3) is 0.538. The van der Waals surface area contributed by atoms with Gasteiger partial charge in [0, 0.05) is 11.7 Å². The van der Waals surface area contributed by atoms with Crippen LogP contribution in [-0.2, 0) is 10.0 Å².